The van der Waals surface area contributed by atoms with E-state index in [1.807, 2.05) is 4.90 Å². The number of hydrogen-bond acceptors (Lipinski definition) is 6. The summed E-state index contributed by atoms with van der Waals surface area (Å²) >= 11 is 0. The number of ether oxygens (including phenoxy) is 1. The van der Waals surface area contributed by atoms with E-state index in [-0.39, 0.29) is 23.5 Å². The first-order chi connectivity index (χ1) is 12.9. The number of aromatic nitrogens is 4. The number of nitrogens with one attached hydrogen (secondary N) is 1. The molecule has 1 unspecified atom stereocenters. The Kier molecular flexibility index (Phi) is 4.62. The third kappa shape index (κ3) is 3.68. The van der Waals surface area contributed by atoms with Crippen molar-refractivity contribution >= 4 is 17.4 Å². The van der Waals surface area contributed by atoms with E-state index in [4.69, 9.17) is 4.74 Å². The summed E-state index contributed by atoms with van der Waals surface area (Å²) in [6.07, 6.45) is -2.41. The Morgan fingerprint density at radius 3 is 2.70 bits per heavy atom. The summed E-state index contributed by atoms with van der Waals surface area (Å²) in [7, 11) is 0. The zero-order valence-electron chi connectivity index (χ0n) is 14.4. The molecule has 2 aromatic rings. The fraction of sp³-hybridized carbons (Fsp3) is 0.625. The van der Waals surface area contributed by atoms with Crippen LogP contribution in [-0.4, -0.2) is 58.1 Å². The van der Waals surface area contributed by atoms with Crippen LogP contribution in [0.15, 0.2) is 12.1 Å². The highest BCUT2D eigenvalue weighted by Gasteiger charge is 2.38. The van der Waals surface area contributed by atoms with Gasteiger partial charge in [-0.3, -0.25) is 4.79 Å². The van der Waals surface area contributed by atoms with Gasteiger partial charge in [-0.25, -0.2) is 0 Å². The van der Waals surface area contributed by atoms with E-state index in [1.54, 1.807) is 6.07 Å². The molecule has 2 aliphatic heterocycles. The largest absolute Gasteiger partial charge is 0.453 e. The van der Waals surface area contributed by atoms with Crippen molar-refractivity contribution in [1.82, 2.24) is 25.1 Å². The third-order valence-corrected chi connectivity index (χ3v) is 4.95. The van der Waals surface area contributed by atoms with Crippen molar-refractivity contribution in [1.29, 1.82) is 0 Å². The maximum Gasteiger partial charge on any atom is 0.453 e. The van der Waals surface area contributed by atoms with Crippen LogP contribution in [0.5, 0.6) is 0 Å². The Morgan fingerprint density at radius 2 is 1.96 bits per heavy atom. The topological polar surface area (TPSA) is 84.6 Å². The predicted octanol–water partition coefficient (Wildman–Crippen LogP) is 1.26. The van der Waals surface area contributed by atoms with Gasteiger partial charge in [0.05, 0.1) is 5.92 Å². The molecule has 27 heavy (non-hydrogen) atoms. The maximum absolute atomic E-state index is 13.0. The molecule has 2 aromatic heterocycles. The van der Waals surface area contributed by atoms with Crippen LogP contribution < -0.4 is 10.2 Å². The Balaban J connectivity index is 1.46. The number of anilines is 1. The number of carbonyl (C=O) groups excluding carboxylic acids is 1. The molecule has 1 amide bonds. The molecule has 8 nitrogen and oxygen atoms in total. The Bertz CT molecular complexity index is 833. The van der Waals surface area contributed by atoms with Crippen molar-refractivity contribution < 1.29 is 22.7 Å². The van der Waals surface area contributed by atoms with E-state index in [1.165, 1.54) is 6.07 Å². The highest BCUT2D eigenvalue weighted by molar-refractivity contribution is 5.80. The second-order valence-electron chi connectivity index (χ2n) is 6.81. The molecule has 11 heteroatoms. The van der Waals surface area contributed by atoms with E-state index in [0.29, 0.717) is 43.1 Å². The van der Waals surface area contributed by atoms with Crippen LogP contribution >= 0.6 is 0 Å². The molecule has 2 aliphatic rings. The van der Waals surface area contributed by atoms with E-state index >= 15 is 0 Å². The minimum absolute atomic E-state index is 0.0224. The van der Waals surface area contributed by atoms with Crippen LogP contribution in [0, 0.1) is 5.92 Å². The number of halogens is 3. The molecule has 0 aliphatic carbocycles. The molecule has 4 rings (SSSR count). The predicted molar refractivity (Wildman–Crippen MR) is 88.1 cm³/mol. The first-order valence-corrected chi connectivity index (χ1v) is 8.84. The van der Waals surface area contributed by atoms with Crippen molar-refractivity contribution in [3.63, 3.8) is 0 Å². The number of amides is 1. The summed E-state index contributed by atoms with van der Waals surface area (Å²) in [6.45, 7) is 2.25. The third-order valence-electron chi connectivity index (χ3n) is 4.95. The zero-order chi connectivity index (χ0) is 19.0. The molecule has 146 valence electrons. The van der Waals surface area contributed by atoms with E-state index in [0.717, 1.165) is 12.8 Å². The van der Waals surface area contributed by atoms with Crippen molar-refractivity contribution in [3.8, 4) is 0 Å². The average molecular weight is 384 g/mol. The summed E-state index contributed by atoms with van der Waals surface area (Å²) < 4.78 is 45.0. The second-order valence-corrected chi connectivity index (χ2v) is 6.81. The number of carbonyl (C=O) groups is 1. The highest BCUT2D eigenvalue weighted by atomic mass is 19.4. The van der Waals surface area contributed by atoms with Crippen LogP contribution in [0.25, 0.3) is 5.65 Å². The van der Waals surface area contributed by atoms with Gasteiger partial charge in [0, 0.05) is 32.3 Å². The summed E-state index contributed by atoms with van der Waals surface area (Å²) in [4.78, 5) is 14.3. The van der Waals surface area contributed by atoms with E-state index < -0.39 is 12.0 Å². The van der Waals surface area contributed by atoms with Crippen molar-refractivity contribution in [2.75, 3.05) is 31.2 Å². The molecular formula is C16H19F3N6O2. The van der Waals surface area contributed by atoms with Crippen LogP contribution in [0.4, 0.5) is 19.0 Å². The van der Waals surface area contributed by atoms with Gasteiger partial charge in [0.15, 0.2) is 5.65 Å². The molecule has 1 N–H and O–H groups in total. The van der Waals surface area contributed by atoms with Gasteiger partial charge < -0.3 is 15.0 Å². The smallest absolute Gasteiger partial charge is 0.381 e. The Hall–Kier alpha value is -2.43. The lowest BCUT2D eigenvalue weighted by Gasteiger charge is -2.24. The molecule has 0 aromatic carbocycles. The zero-order valence-corrected chi connectivity index (χ0v) is 14.4. The maximum atomic E-state index is 13.0. The quantitative estimate of drug-likeness (QED) is 0.858. The molecule has 0 bridgehead atoms. The van der Waals surface area contributed by atoms with Crippen LogP contribution in [0.2, 0.25) is 0 Å². The molecule has 0 spiro atoms. The SMILES string of the molecule is O=C(NC1CCOCC1)C1CCN(c2ccc3nnc(C(F)(F)F)n3n2)C1. The van der Waals surface area contributed by atoms with Crippen molar-refractivity contribution in [2.45, 2.75) is 31.5 Å². The van der Waals surface area contributed by atoms with Gasteiger partial charge in [0.25, 0.3) is 5.82 Å². The first kappa shape index (κ1) is 18.0. The van der Waals surface area contributed by atoms with Crippen molar-refractivity contribution in [3.05, 3.63) is 18.0 Å². The fourth-order valence-electron chi connectivity index (χ4n) is 3.47. The number of fused-ring (bicyclic) bond motifs is 1. The van der Waals surface area contributed by atoms with Crippen molar-refractivity contribution in [2.24, 2.45) is 5.92 Å². The molecular weight excluding hydrogens is 365 g/mol. The summed E-state index contributed by atoms with van der Waals surface area (Å²) in [6, 6.07) is 3.17. The normalized spacial score (nSPS) is 21.7. The summed E-state index contributed by atoms with van der Waals surface area (Å²) in [5.41, 5.74) is 0.0269. The monoisotopic (exact) mass is 384 g/mol. The average Bonchev–Trinajstić information content (AvgIpc) is 3.29. The lowest BCUT2D eigenvalue weighted by Crippen LogP contribution is -2.42. The molecule has 2 saturated heterocycles. The van der Waals surface area contributed by atoms with E-state index in [2.05, 4.69) is 20.6 Å². The summed E-state index contributed by atoms with van der Waals surface area (Å²) in [5, 5.41) is 13.8. The number of nitrogens with zero attached hydrogens (tertiary/aromatic N) is 5. The number of hydrogen-bond donors (Lipinski definition) is 1. The van der Waals surface area contributed by atoms with E-state index in [9.17, 15) is 18.0 Å². The van der Waals surface area contributed by atoms with Gasteiger partial charge in [-0.15, -0.1) is 15.3 Å². The van der Waals surface area contributed by atoms with Gasteiger partial charge in [-0.1, -0.05) is 0 Å². The highest BCUT2D eigenvalue weighted by Crippen LogP contribution is 2.29. The van der Waals surface area contributed by atoms with Gasteiger partial charge in [-0.2, -0.15) is 17.7 Å². The number of rotatable bonds is 3. The van der Waals surface area contributed by atoms with Gasteiger partial charge >= 0.3 is 6.18 Å². The van der Waals surface area contributed by atoms with Crippen LogP contribution in [0.1, 0.15) is 25.1 Å². The Labute approximate surface area is 152 Å². The van der Waals surface area contributed by atoms with Crippen LogP contribution in [0.3, 0.4) is 0 Å². The molecule has 0 radical (unpaired) electrons. The van der Waals surface area contributed by atoms with Crippen LogP contribution in [-0.2, 0) is 15.7 Å². The lowest BCUT2D eigenvalue weighted by atomic mass is 10.1. The molecule has 4 heterocycles. The minimum atomic E-state index is -4.64. The summed E-state index contributed by atoms with van der Waals surface area (Å²) in [5.74, 6) is -1.03. The molecule has 0 saturated carbocycles. The van der Waals surface area contributed by atoms with Gasteiger partial charge in [0.2, 0.25) is 5.91 Å². The fourth-order valence-corrected chi connectivity index (χ4v) is 3.47. The minimum Gasteiger partial charge on any atom is -0.381 e. The van der Waals surface area contributed by atoms with Gasteiger partial charge in [0.1, 0.15) is 5.82 Å². The lowest BCUT2D eigenvalue weighted by molar-refractivity contribution is -0.146. The molecule has 1 atom stereocenters. The second kappa shape index (κ2) is 6.95. The Morgan fingerprint density at radius 1 is 1.19 bits per heavy atom. The van der Waals surface area contributed by atoms with Gasteiger partial charge in [-0.05, 0) is 31.4 Å². The number of alkyl halides is 3. The standard InChI is InChI=1S/C16H19F3N6O2/c17-16(18,19)15-22-21-12-1-2-13(23-25(12)15)24-6-3-10(9-24)14(26)20-11-4-7-27-8-5-11/h1-2,10-11H,3-9H2,(H,20,26). The molecule has 2 fully saturated rings. The first-order valence-electron chi connectivity index (χ1n) is 8.84.